The molecule has 0 aliphatic heterocycles. The number of ether oxygens (including phenoxy) is 1. The predicted molar refractivity (Wildman–Crippen MR) is 83.6 cm³/mol. The van der Waals surface area contributed by atoms with Crippen LogP contribution in [0.25, 0.3) is 0 Å². The molecule has 0 N–H and O–H groups in total. The highest BCUT2D eigenvalue weighted by Crippen LogP contribution is 2.24. The van der Waals surface area contributed by atoms with E-state index in [1.54, 1.807) is 28.3 Å². The van der Waals surface area contributed by atoms with Crippen molar-refractivity contribution in [2.45, 2.75) is 25.9 Å². The summed E-state index contributed by atoms with van der Waals surface area (Å²) in [6.07, 6.45) is 0.836. The normalized spacial score (nSPS) is 13.2. The molecular weight excluding hydrogens is 326 g/mol. The number of likely N-dealkylation sites (N-methyl/N-ethyl adjacent to an activating group) is 1. The monoisotopic (exact) mass is 355 g/mol. The summed E-state index contributed by atoms with van der Waals surface area (Å²) in [6.45, 7) is 8.23. The number of halogens is 1. The minimum atomic E-state index is -2.77. The lowest BCUT2D eigenvalue weighted by Crippen LogP contribution is -3.00. The summed E-state index contributed by atoms with van der Waals surface area (Å²) in [6, 6.07) is 0. The summed E-state index contributed by atoms with van der Waals surface area (Å²) in [7, 11) is 6.19. The number of carbonyl (C=O) groups excluding carboxylic acids is 1. The van der Waals surface area contributed by atoms with Gasteiger partial charge < -0.3 is 34.9 Å². The number of carbonyl (C=O) groups is 1. The van der Waals surface area contributed by atoms with E-state index in [9.17, 15) is 4.79 Å². The Balaban J connectivity index is 0. The molecule has 0 saturated carbocycles. The van der Waals surface area contributed by atoms with Gasteiger partial charge >= 0.3 is 14.8 Å². The molecular formula is C14H30ClNO5Si. The third kappa shape index (κ3) is 5.98. The zero-order valence-electron chi connectivity index (χ0n) is 14.8. The van der Waals surface area contributed by atoms with Crippen molar-refractivity contribution in [1.82, 2.24) is 0 Å². The van der Waals surface area contributed by atoms with Crippen LogP contribution in [0.15, 0.2) is 12.2 Å². The van der Waals surface area contributed by atoms with Crippen LogP contribution in [-0.4, -0.2) is 73.5 Å². The minimum Gasteiger partial charge on any atom is -1.00 e. The SMILES string of the molecule is C=C(C)C(=O)OCC[N+](C)(C)C(CC)[Si](OC)(OC)OC.[Cl-]. The maximum Gasteiger partial charge on any atom is 0.561 e. The number of hydrogen-bond donors (Lipinski definition) is 0. The van der Waals surface area contributed by atoms with E-state index in [2.05, 4.69) is 27.6 Å². The Morgan fingerprint density at radius 1 is 1.18 bits per heavy atom. The van der Waals surface area contributed by atoms with Gasteiger partial charge in [-0.15, -0.1) is 0 Å². The van der Waals surface area contributed by atoms with E-state index in [4.69, 9.17) is 18.0 Å². The van der Waals surface area contributed by atoms with Crippen molar-refractivity contribution in [3.8, 4) is 0 Å². The highest BCUT2D eigenvalue weighted by molar-refractivity contribution is 6.62. The lowest BCUT2D eigenvalue weighted by molar-refractivity contribution is -0.906. The van der Waals surface area contributed by atoms with E-state index in [-0.39, 0.29) is 24.0 Å². The lowest BCUT2D eigenvalue weighted by Gasteiger charge is -2.43. The molecule has 0 saturated heterocycles. The second kappa shape index (κ2) is 10.4. The Labute approximate surface area is 141 Å². The molecule has 6 nitrogen and oxygen atoms in total. The molecule has 8 heteroatoms. The first-order valence-electron chi connectivity index (χ1n) is 7.01. The molecule has 0 aliphatic rings. The molecule has 0 aromatic carbocycles. The summed E-state index contributed by atoms with van der Waals surface area (Å²) in [5.41, 5.74) is 0.461. The second-order valence-corrected chi connectivity index (χ2v) is 8.66. The molecule has 0 amide bonds. The average molecular weight is 356 g/mol. The maximum atomic E-state index is 11.4. The highest BCUT2D eigenvalue weighted by atomic mass is 35.5. The van der Waals surface area contributed by atoms with Crippen molar-refractivity contribution < 1.29 is 39.7 Å². The highest BCUT2D eigenvalue weighted by Gasteiger charge is 2.55. The van der Waals surface area contributed by atoms with Crippen LogP contribution in [0.1, 0.15) is 20.3 Å². The van der Waals surface area contributed by atoms with E-state index >= 15 is 0 Å². The summed E-state index contributed by atoms with van der Waals surface area (Å²) in [5.74, 6) is -0.364. The molecule has 0 radical (unpaired) electrons. The van der Waals surface area contributed by atoms with Crippen molar-refractivity contribution in [3.63, 3.8) is 0 Å². The maximum absolute atomic E-state index is 11.4. The van der Waals surface area contributed by atoms with Crippen LogP contribution in [0.4, 0.5) is 0 Å². The van der Waals surface area contributed by atoms with Crippen molar-refractivity contribution in [2.24, 2.45) is 0 Å². The third-order valence-electron chi connectivity index (χ3n) is 3.74. The number of nitrogens with zero attached hydrogens (tertiary/aromatic N) is 1. The molecule has 0 heterocycles. The van der Waals surface area contributed by atoms with Crippen LogP contribution >= 0.6 is 0 Å². The van der Waals surface area contributed by atoms with Crippen LogP contribution in [0, 0.1) is 0 Å². The van der Waals surface area contributed by atoms with Crippen molar-refractivity contribution in [1.29, 1.82) is 0 Å². The van der Waals surface area contributed by atoms with Crippen LogP contribution in [0.2, 0.25) is 0 Å². The molecule has 1 unspecified atom stereocenters. The van der Waals surface area contributed by atoms with Gasteiger partial charge in [-0.05, 0) is 6.92 Å². The molecule has 0 rings (SSSR count). The molecule has 0 spiro atoms. The van der Waals surface area contributed by atoms with E-state index in [0.717, 1.165) is 6.42 Å². The third-order valence-corrected chi connectivity index (χ3v) is 7.37. The van der Waals surface area contributed by atoms with Gasteiger partial charge in [0.2, 0.25) is 0 Å². The van der Waals surface area contributed by atoms with Crippen LogP contribution in [0.3, 0.4) is 0 Å². The number of quaternary nitrogens is 1. The summed E-state index contributed by atoms with van der Waals surface area (Å²) >= 11 is 0. The van der Waals surface area contributed by atoms with Gasteiger partial charge in [-0.2, -0.15) is 0 Å². The zero-order chi connectivity index (χ0) is 16.7. The molecule has 0 aliphatic carbocycles. The summed E-state index contributed by atoms with van der Waals surface area (Å²) < 4.78 is 22.6. The largest absolute Gasteiger partial charge is 1.00 e. The van der Waals surface area contributed by atoms with E-state index < -0.39 is 8.80 Å². The van der Waals surface area contributed by atoms with Gasteiger partial charge in [0, 0.05) is 33.3 Å². The Bertz CT molecular complexity index is 353. The number of rotatable bonds is 10. The minimum absolute atomic E-state index is 0. The second-order valence-electron chi connectivity index (χ2n) is 5.56. The van der Waals surface area contributed by atoms with Gasteiger partial charge in [-0.1, -0.05) is 13.5 Å². The van der Waals surface area contributed by atoms with E-state index in [1.807, 2.05) is 0 Å². The fourth-order valence-electron chi connectivity index (χ4n) is 2.48. The number of esters is 1. The van der Waals surface area contributed by atoms with Gasteiger partial charge in [0.25, 0.3) is 0 Å². The molecule has 22 heavy (non-hydrogen) atoms. The first-order chi connectivity index (χ1) is 9.70. The molecule has 0 aromatic heterocycles. The molecule has 132 valence electrons. The van der Waals surface area contributed by atoms with Gasteiger partial charge in [-0.25, -0.2) is 4.79 Å². The smallest absolute Gasteiger partial charge is 0.561 e. The Kier molecular flexibility index (Phi) is 11.2. The van der Waals surface area contributed by atoms with Crippen molar-refractivity contribution in [2.75, 3.05) is 48.6 Å². The lowest BCUT2D eigenvalue weighted by atomic mass is 10.3. The Hall–Kier alpha value is -0.443. The van der Waals surface area contributed by atoms with Crippen LogP contribution in [0.5, 0.6) is 0 Å². The topological polar surface area (TPSA) is 54.0 Å². The predicted octanol–water partition coefficient (Wildman–Crippen LogP) is -1.62. The quantitative estimate of drug-likeness (QED) is 0.204. The molecule has 0 bridgehead atoms. The van der Waals surface area contributed by atoms with Gasteiger partial charge in [0.05, 0.1) is 14.1 Å². The Morgan fingerprint density at radius 3 is 1.95 bits per heavy atom. The van der Waals surface area contributed by atoms with E-state index in [0.29, 0.717) is 23.2 Å². The molecule has 0 fully saturated rings. The van der Waals surface area contributed by atoms with Gasteiger partial charge in [0.15, 0.2) is 5.67 Å². The average Bonchev–Trinajstić information content (AvgIpc) is 2.44. The van der Waals surface area contributed by atoms with Gasteiger partial charge in [0.1, 0.15) is 13.2 Å². The van der Waals surface area contributed by atoms with Crippen molar-refractivity contribution >= 4 is 14.8 Å². The number of hydrogen-bond acceptors (Lipinski definition) is 5. The fraction of sp³-hybridized carbons (Fsp3) is 0.786. The van der Waals surface area contributed by atoms with Crippen LogP contribution < -0.4 is 12.4 Å². The zero-order valence-corrected chi connectivity index (χ0v) is 16.5. The summed E-state index contributed by atoms with van der Waals surface area (Å²) in [4.78, 5) is 11.4. The summed E-state index contributed by atoms with van der Waals surface area (Å²) in [5, 5.41) is 0. The van der Waals surface area contributed by atoms with E-state index in [1.165, 1.54) is 0 Å². The molecule has 0 aromatic rings. The first kappa shape index (κ1) is 23.8. The molecule has 1 atom stereocenters. The van der Waals surface area contributed by atoms with Crippen molar-refractivity contribution in [3.05, 3.63) is 12.2 Å². The standard InChI is InChI=1S/C14H30NO5Si.ClH/c1-9-13(21(17-6,18-7)19-8)15(4,5)10-11-20-14(16)12(2)3;/h13H,2,9-11H2,1,3-8H3;1H/q+1;/p-1. The fourth-order valence-corrected chi connectivity index (χ4v) is 5.28. The first-order valence-corrected chi connectivity index (χ1v) is 8.81. The van der Waals surface area contributed by atoms with Gasteiger partial charge in [-0.3, -0.25) is 0 Å². The van der Waals surface area contributed by atoms with Crippen LogP contribution in [-0.2, 0) is 22.8 Å². The Morgan fingerprint density at radius 2 is 1.64 bits per heavy atom.